The summed E-state index contributed by atoms with van der Waals surface area (Å²) in [5.41, 5.74) is 0.750. The molecule has 0 atom stereocenters. The zero-order chi connectivity index (χ0) is 2.71. The van der Waals surface area contributed by atoms with E-state index in [9.17, 15) is 4.48 Å². The molecule has 0 aliphatic heterocycles. The van der Waals surface area contributed by atoms with E-state index in [0.717, 1.165) is 5.65 Å². The lowest BCUT2D eigenvalue weighted by Crippen LogP contribution is -2.07. The van der Waals surface area contributed by atoms with E-state index in [1.165, 1.54) is 0 Å². The normalized spacial score (nSPS) is 4.50. The number of nitrogens with one attached hydrogen (secondary N) is 1. The Hall–Kier alpha value is -0.220. The molecule has 0 saturated heterocycles. The fourth-order valence-corrected chi connectivity index (χ4v) is 0. The zero-order valence-corrected chi connectivity index (χ0v) is 1.86. The average molecular weight is 70.0 g/mol. The monoisotopic (exact) mass is 70.0 g/mol. The first-order valence-electron chi connectivity index (χ1n) is 0.478. The van der Waals surface area contributed by atoms with Gasteiger partial charge in [-0.2, -0.15) is 0 Å². The molecule has 0 saturated carbocycles. The van der Waals surface area contributed by atoms with Crippen LogP contribution in [0.2, 0.25) is 0 Å². The van der Waals surface area contributed by atoms with E-state index in [1.54, 1.807) is 0 Å². The molecule has 0 unspecified atom stereocenters. The highest BCUT2D eigenvalue weighted by atomic mass is 19.2. The maximum Gasteiger partial charge on any atom is -0.0956 e. The van der Waals surface area contributed by atoms with E-state index in [2.05, 4.69) is 5.84 Å². The number of halogens is 2. The van der Waals surface area contributed by atoms with Crippen molar-refractivity contribution >= 4 is 0 Å². The Morgan fingerprint density at radius 1 is 1.75 bits per heavy atom. The van der Waals surface area contributed by atoms with Gasteiger partial charge in [-0.1, -0.05) is 5.65 Å². The minimum Gasteiger partial charge on any atom is -0.269 e. The Bertz CT molecular complexity index is 4.00. The molecule has 4 heavy (non-hydrogen) atoms. The third kappa shape index (κ3) is 22.4. The van der Waals surface area contributed by atoms with Gasteiger partial charge >= 0.3 is 0 Å². The minimum atomic E-state index is 0. The highest BCUT2D eigenvalue weighted by Crippen LogP contribution is 1.14. The summed E-state index contributed by atoms with van der Waals surface area (Å²) in [5.74, 6) is 3.93. The SMILES string of the molecule is F.NNF. The van der Waals surface area contributed by atoms with E-state index in [0.29, 0.717) is 0 Å². The molecular formula is H4F2N2. The van der Waals surface area contributed by atoms with Gasteiger partial charge in [0.25, 0.3) is 0 Å². The summed E-state index contributed by atoms with van der Waals surface area (Å²) >= 11 is 0. The maximum absolute atomic E-state index is 9.82. The van der Waals surface area contributed by atoms with Crippen molar-refractivity contribution < 1.29 is 9.19 Å². The van der Waals surface area contributed by atoms with Crippen LogP contribution < -0.4 is 11.5 Å². The van der Waals surface area contributed by atoms with Gasteiger partial charge in [-0.15, -0.1) is 4.48 Å². The molecule has 0 amide bonds. The first-order chi connectivity index (χ1) is 1.41. The third-order valence-corrected chi connectivity index (χ3v) is 0. The van der Waals surface area contributed by atoms with E-state index >= 15 is 0 Å². The summed E-state index contributed by atoms with van der Waals surface area (Å²) in [4.78, 5) is 0. The fraction of sp³-hybridized carbons (Fsp3) is 0. The predicted molar refractivity (Wildman–Crippen MR) is 10.9 cm³/mol. The highest BCUT2D eigenvalue weighted by Gasteiger charge is 1.28. The molecule has 0 aromatic heterocycles. The summed E-state index contributed by atoms with van der Waals surface area (Å²) in [6.07, 6.45) is 0. The van der Waals surface area contributed by atoms with Crippen LogP contribution in [0.25, 0.3) is 0 Å². The molecule has 28 valence electrons. The average Bonchev–Trinajstić information content (AvgIpc) is 0.918. The number of hydrazine groups is 1. The van der Waals surface area contributed by atoms with Crippen LogP contribution in [0, 0.1) is 0 Å². The van der Waals surface area contributed by atoms with Crippen LogP contribution in [0.1, 0.15) is 0 Å². The Morgan fingerprint density at radius 2 is 1.75 bits per heavy atom. The van der Waals surface area contributed by atoms with Crippen molar-refractivity contribution in [2.75, 3.05) is 0 Å². The molecule has 0 bridgehead atoms. The number of nitrogens with two attached hydrogens (primary N) is 1. The molecule has 3 N–H and O–H groups in total. The molecule has 0 fully saturated rings. The van der Waals surface area contributed by atoms with Crippen molar-refractivity contribution in [3.8, 4) is 0 Å². The van der Waals surface area contributed by atoms with Gasteiger partial charge in [0.05, 0.1) is 0 Å². The van der Waals surface area contributed by atoms with Gasteiger partial charge in [0.15, 0.2) is 0 Å². The first-order valence-corrected chi connectivity index (χ1v) is 0.478. The van der Waals surface area contributed by atoms with E-state index in [-0.39, 0.29) is 4.70 Å². The summed E-state index contributed by atoms with van der Waals surface area (Å²) in [6, 6.07) is 0. The fourth-order valence-electron chi connectivity index (χ4n) is 0. The summed E-state index contributed by atoms with van der Waals surface area (Å²) in [5, 5.41) is 0. The van der Waals surface area contributed by atoms with E-state index in [4.69, 9.17) is 0 Å². The molecule has 0 aliphatic rings. The second-order valence-corrected chi connectivity index (χ2v) is 0.109. The van der Waals surface area contributed by atoms with Crippen molar-refractivity contribution in [3.63, 3.8) is 0 Å². The van der Waals surface area contributed by atoms with E-state index in [1.807, 2.05) is 0 Å². The van der Waals surface area contributed by atoms with Gasteiger partial charge in [-0.25, -0.2) is 5.84 Å². The van der Waals surface area contributed by atoms with Crippen molar-refractivity contribution in [1.82, 2.24) is 5.65 Å². The summed E-state index contributed by atoms with van der Waals surface area (Å²) in [7, 11) is 0. The standard InChI is InChI=1S/FH3N2.FH/c1-3-2;/h3H,2H2;1H. The van der Waals surface area contributed by atoms with Crippen molar-refractivity contribution in [3.05, 3.63) is 0 Å². The number of rotatable bonds is 0. The van der Waals surface area contributed by atoms with Gasteiger partial charge in [0.2, 0.25) is 0 Å². The van der Waals surface area contributed by atoms with Gasteiger partial charge in [0, 0.05) is 0 Å². The lowest BCUT2D eigenvalue weighted by atomic mass is 12.9. The Labute approximate surface area is 22.1 Å². The Kier molecular flexibility index (Phi) is 33.4. The lowest BCUT2D eigenvalue weighted by molar-refractivity contribution is 0.344. The summed E-state index contributed by atoms with van der Waals surface area (Å²) in [6.45, 7) is 0. The van der Waals surface area contributed by atoms with Gasteiger partial charge < -0.3 is 0 Å². The molecule has 0 radical (unpaired) electrons. The van der Waals surface area contributed by atoms with Crippen LogP contribution in [0.3, 0.4) is 0 Å². The van der Waals surface area contributed by atoms with Crippen LogP contribution in [0.5, 0.6) is 0 Å². The van der Waals surface area contributed by atoms with Crippen molar-refractivity contribution in [2.45, 2.75) is 0 Å². The van der Waals surface area contributed by atoms with Gasteiger partial charge in [0.1, 0.15) is 0 Å². The molecule has 0 heterocycles. The largest absolute Gasteiger partial charge is 0.269 e. The van der Waals surface area contributed by atoms with Crippen LogP contribution in [0.4, 0.5) is 9.19 Å². The van der Waals surface area contributed by atoms with Crippen LogP contribution in [-0.2, 0) is 0 Å². The first kappa shape index (κ1) is 9.22. The molecule has 0 aliphatic carbocycles. The van der Waals surface area contributed by atoms with Crippen molar-refractivity contribution in [1.29, 1.82) is 0 Å². The van der Waals surface area contributed by atoms with Gasteiger partial charge in [-0.05, 0) is 0 Å². The molecule has 0 spiro atoms. The number of hydrogen-bond donors (Lipinski definition) is 2. The molecule has 4 heteroatoms. The lowest BCUT2D eigenvalue weighted by Gasteiger charge is -1.55. The quantitative estimate of drug-likeness (QED) is 0.229. The van der Waals surface area contributed by atoms with Crippen LogP contribution in [-0.4, -0.2) is 0 Å². The van der Waals surface area contributed by atoms with Crippen LogP contribution in [0.15, 0.2) is 0 Å². The van der Waals surface area contributed by atoms with Crippen molar-refractivity contribution in [2.24, 2.45) is 5.84 Å². The Balaban J connectivity index is 0. The molecular weight excluding hydrogens is 66.0 g/mol. The van der Waals surface area contributed by atoms with Crippen LogP contribution >= 0.6 is 0 Å². The Morgan fingerprint density at radius 3 is 1.75 bits per heavy atom. The molecule has 0 aromatic rings. The topological polar surface area (TPSA) is 38.0 Å². The number of hydrogen-bond acceptors (Lipinski definition) is 2. The predicted octanol–water partition coefficient (Wildman–Crippen LogP) is -0.513. The van der Waals surface area contributed by atoms with Gasteiger partial charge in [-0.3, -0.25) is 4.70 Å². The minimum absolute atomic E-state index is 0. The highest BCUT2D eigenvalue weighted by molar-refractivity contribution is 3.45. The third-order valence-electron chi connectivity index (χ3n) is 0. The maximum atomic E-state index is 9.82. The van der Waals surface area contributed by atoms with E-state index < -0.39 is 0 Å². The molecule has 2 nitrogen and oxygen atoms in total. The smallest absolute Gasteiger partial charge is 0.0956 e. The second-order valence-electron chi connectivity index (χ2n) is 0.109. The molecule has 0 aromatic carbocycles. The second kappa shape index (κ2) is 14.5. The summed E-state index contributed by atoms with van der Waals surface area (Å²) < 4.78 is 9.82. The zero-order valence-electron chi connectivity index (χ0n) is 1.86. The molecule has 0 rings (SSSR count).